The average Bonchev–Trinajstić information content (AvgIpc) is 2.15. The van der Waals surface area contributed by atoms with Crippen LogP contribution in [0.5, 0.6) is 0 Å². The molecule has 0 aliphatic heterocycles. The van der Waals surface area contributed by atoms with Crippen molar-refractivity contribution in [2.45, 2.75) is 64.9 Å². The second-order valence-corrected chi connectivity index (χ2v) is 5.27. The number of rotatable bonds is 5. The summed E-state index contributed by atoms with van der Waals surface area (Å²) in [7, 11) is 0. The number of hydrogen-bond donors (Lipinski definition) is 1. The van der Waals surface area contributed by atoms with Crippen LogP contribution in [0.3, 0.4) is 0 Å². The molecule has 2 heteroatoms. The van der Waals surface area contributed by atoms with Gasteiger partial charge in [0, 0.05) is 12.3 Å². The first-order valence-electron chi connectivity index (χ1n) is 6.30. The maximum atomic E-state index is 11.5. The van der Waals surface area contributed by atoms with Crippen molar-refractivity contribution in [2.75, 3.05) is 0 Å². The Kier molecular flexibility index (Phi) is 5.30. The summed E-state index contributed by atoms with van der Waals surface area (Å²) in [5, 5.41) is 9.73. The predicted molar refractivity (Wildman–Crippen MR) is 61.7 cm³/mol. The summed E-state index contributed by atoms with van der Waals surface area (Å²) in [4.78, 5) is 11.5. The molecule has 1 rings (SSSR count). The van der Waals surface area contributed by atoms with Crippen molar-refractivity contribution in [2.24, 2.45) is 11.8 Å². The molecule has 1 fully saturated rings. The maximum absolute atomic E-state index is 11.5. The van der Waals surface area contributed by atoms with Gasteiger partial charge < -0.3 is 5.11 Å². The van der Waals surface area contributed by atoms with Crippen LogP contribution in [0.2, 0.25) is 0 Å². The number of carbonyl (C=O) groups is 1. The van der Waals surface area contributed by atoms with Crippen LogP contribution in [0.15, 0.2) is 0 Å². The number of carbonyl (C=O) groups excluding carboxylic acids is 1. The third-order valence-electron chi connectivity index (χ3n) is 3.27. The molecule has 1 N–H and O–H groups in total. The van der Waals surface area contributed by atoms with Crippen molar-refractivity contribution < 1.29 is 9.90 Å². The minimum atomic E-state index is -0.209. The molecule has 0 aromatic rings. The van der Waals surface area contributed by atoms with Gasteiger partial charge in [-0.2, -0.15) is 0 Å². The summed E-state index contributed by atoms with van der Waals surface area (Å²) in [6.45, 7) is 4.24. The van der Waals surface area contributed by atoms with Crippen molar-refractivity contribution in [1.29, 1.82) is 0 Å². The molecule has 0 heterocycles. The first-order valence-corrected chi connectivity index (χ1v) is 6.30. The minimum Gasteiger partial charge on any atom is -0.393 e. The van der Waals surface area contributed by atoms with E-state index >= 15 is 0 Å². The Labute approximate surface area is 93.1 Å². The summed E-state index contributed by atoms with van der Waals surface area (Å²) in [6.07, 6.45) is 6.43. The summed E-state index contributed by atoms with van der Waals surface area (Å²) in [5.74, 6) is 1.22. The van der Waals surface area contributed by atoms with E-state index in [1.807, 2.05) is 0 Å². The lowest BCUT2D eigenvalue weighted by molar-refractivity contribution is -0.124. The van der Waals surface area contributed by atoms with Gasteiger partial charge in [-0.15, -0.1) is 0 Å². The molecular formula is C13H24O2. The van der Waals surface area contributed by atoms with E-state index < -0.39 is 0 Å². The van der Waals surface area contributed by atoms with Crippen molar-refractivity contribution in [3.05, 3.63) is 0 Å². The summed E-state index contributed by atoms with van der Waals surface area (Å²) >= 11 is 0. The lowest BCUT2D eigenvalue weighted by Crippen LogP contribution is -2.21. The van der Waals surface area contributed by atoms with E-state index in [-0.39, 0.29) is 12.0 Å². The molecule has 2 nitrogen and oxygen atoms in total. The smallest absolute Gasteiger partial charge is 0.135 e. The molecule has 1 saturated carbocycles. The van der Waals surface area contributed by atoms with E-state index in [9.17, 15) is 9.90 Å². The molecule has 2 atom stereocenters. The minimum absolute atomic E-state index is 0.209. The maximum Gasteiger partial charge on any atom is 0.135 e. The van der Waals surface area contributed by atoms with Crippen LogP contribution in [0.4, 0.5) is 0 Å². The van der Waals surface area contributed by atoms with Gasteiger partial charge in [0.2, 0.25) is 0 Å². The molecule has 88 valence electrons. The molecule has 0 radical (unpaired) electrons. The molecule has 0 amide bonds. The molecule has 0 aromatic carbocycles. The van der Waals surface area contributed by atoms with E-state index in [2.05, 4.69) is 13.8 Å². The van der Waals surface area contributed by atoms with Crippen molar-refractivity contribution in [1.82, 2.24) is 0 Å². The Balaban J connectivity index is 2.20. The van der Waals surface area contributed by atoms with Crippen molar-refractivity contribution >= 4 is 5.78 Å². The number of Topliss-reactive ketones (excluding diaryl/α,β-unsaturated/α-hetero) is 1. The third-order valence-corrected chi connectivity index (χ3v) is 3.27. The lowest BCUT2D eigenvalue weighted by Gasteiger charge is -2.22. The topological polar surface area (TPSA) is 37.3 Å². The molecule has 0 aromatic heterocycles. The van der Waals surface area contributed by atoms with E-state index in [0.29, 0.717) is 11.7 Å². The molecule has 0 bridgehead atoms. The molecule has 1 aliphatic rings. The highest BCUT2D eigenvalue weighted by atomic mass is 16.3. The van der Waals surface area contributed by atoms with Gasteiger partial charge in [-0.05, 0) is 38.0 Å². The fourth-order valence-corrected chi connectivity index (χ4v) is 2.42. The zero-order valence-corrected chi connectivity index (χ0v) is 10.0. The standard InChI is InChI=1S/C13H24O2/c1-10(2)9-12(14)8-7-11-5-3-4-6-13(11)15/h10-12,14H,3-9H2,1-2H3. The van der Waals surface area contributed by atoms with Crippen LogP contribution >= 0.6 is 0 Å². The third kappa shape index (κ3) is 4.78. The van der Waals surface area contributed by atoms with Gasteiger partial charge in [-0.1, -0.05) is 20.3 Å². The van der Waals surface area contributed by atoms with Gasteiger partial charge in [-0.3, -0.25) is 4.79 Å². The Bertz CT molecular complexity index is 199. The fraction of sp³-hybridized carbons (Fsp3) is 0.923. The van der Waals surface area contributed by atoms with Crippen molar-refractivity contribution in [3.8, 4) is 0 Å². The zero-order valence-electron chi connectivity index (χ0n) is 10.0. The Morgan fingerprint density at radius 1 is 1.40 bits per heavy atom. The van der Waals surface area contributed by atoms with Gasteiger partial charge in [0.25, 0.3) is 0 Å². The number of aliphatic hydroxyl groups is 1. The summed E-state index contributed by atoms with van der Waals surface area (Å²) in [5.41, 5.74) is 0. The van der Waals surface area contributed by atoms with Gasteiger partial charge in [0.15, 0.2) is 0 Å². The molecular weight excluding hydrogens is 188 g/mol. The Hall–Kier alpha value is -0.370. The zero-order chi connectivity index (χ0) is 11.3. The molecule has 0 saturated heterocycles. The average molecular weight is 212 g/mol. The number of aliphatic hydroxyl groups excluding tert-OH is 1. The van der Waals surface area contributed by atoms with Crippen molar-refractivity contribution in [3.63, 3.8) is 0 Å². The highest BCUT2D eigenvalue weighted by Crippen LogP contribution is 2.25. The Morgan fingerprint density at radius 2 is 2.13 bits per heavy atom. The normalized spacial score (nSPS) is 24.5. The highest BCUT2D eigenvalue weighted by Gasteiger charge is 2.22. The second kappa shape index (κ2) is 6.26. The second-order valence-electron chi connectivity index (χ2n) is 5.27. The fourth-order valence-electron chi connectivity index (χ4n) is 2.42. The van der Waals surface area contributed by atoms with Crippen LogP contribution in [0.25, 0.3) is 0 Å². The summed E-state index contributed by atoms with van der Waals surface area (Å²) < 4.78 is 0. The Morgan fingerprint density at radius 3 is 2.73 bits per heavy atom. The number of ketones is 1. The van der Waals surface area contributed by atoms with Gasteiger partial charge in [0.05, 0.1) is 6.10 Å². The first-order chi connectivity index (χ1) is 7.09. The quantitative estimate of drug-likeness (QED) is 0.760. The van der Waals surface area contributed by atoms with Crippen LogP contribution in [0.1, 0.15) is 58.8 Å². The number of hydrogen-bond acceptors (Lipinski definition) is 2. The van der Waals surface area contributed by atoms with Gasteiger partial charge >= 0.3 is 0 Å². The predicted octanol–water partition coefficient (Wildman–Crippen LogP) is 2.93. The van der Waals surface area contributed by atoms with Crippen LogP contribution in [0, 0.1) is 11.8 Å². The summed E-state index contributed by atoms with van der Waals surface area (Å²) in [6, 6.07) is 0. The van der Waals surface area contributed by atoms with E-state index in [4.69, 9.17) is 0 Å². The van der Waals surface area contributed by atoms with E-state index in [1.165, 1.54) is 6.42 Å². The molecule has 1 aliphatic carbocycles. The first kappa shape index (κ1) is 12.7. The van der Waals surface area contributed by atoms with Crippen LogP contribution in [-0.2, 0) is 4.79 Å². The molecule has 2 unspecified atom stereocenters. The van der Waals surface area contributed by atoms with Crippen LogP contribution in [-0.4, -0.2) is 17.0 Å². The molecule has 0 spiro atoms. The van der Waals surface area contributed by atoms with Gasteiger partial charge in [0.1, 0.15) is 5.78 Å². The lowest BCUT2D eigenvalue weighted by atomic mass is 9.84. The largest absolute Gasteiger partial charge is 0.393 e. The van der Waals surface area contributed by atoms with Crippen LogP contribution < -0.4 is 0 Å². The van der Waals surface area contributed by atoms with E-state index in [0.717, 1.165) is 38.5 Å². The van der Waals surface area contributed by atoms with E-state index in [1.54, 1.807) is 0 Å². The monoisotopic (exact) mass is 212 g/mol. The highest BCUT2D eigenvalue weighted by molar-refractivity contribution is 5.81. The molecule has 15 heavy (non-hydrogen) atoms. The SMILES string of the molecule is CC(C)CC(O)CCC1CCCCC1=O. The van der Waals surface area contributed by atoms with Gasteiger partial charge in [-0.25, -0.2) is 0 Å².